The van der Waals surface area contributed by atoms with Crippen LogP contribution in [0.5, 0.6) is 0 Å². The molecule has 0 amide bonds. The monoisotopic (exact) mass is 805 g/mol. The first-order valence-electron chi connectivity index (χ1n) is 26.6. The van der Waals surface area contributed by atoms with Crippen LogP contribution < -0.4 is 0 Å². The van der Waals surface area contributed by atoms with Gasteiger partial charge in [0.25, 0.3) is 0 Å². The Labute approximate surface area is 357 Å². The van der Waals surface area contributed by atoms with Gasteiger partial charge in [-0.2, -0.15) is 0 Å². The van der Waals surface area contributed by atoms with Crippen molar-refractivity contribution in [2.75, 3.05) is 0 Å². The number of unbranched alkanes of at least 4 members (excludes halogenated alkanes) is 10. The molecule has 8 aliphatic carbocycles. The van der Waals surface area contributed by atoms with Crippen molar-refractivity contribution in [1.82, 2.24) is 0 Å². The Bertz CT molecular complexity index is 1310. The summed E-state index contributed by atoms with van der Waals surface area (Å²) in [4.78, 5) is 0. The van der Waals surface area contributed by atoms with E-state index >= 15 is 0 Å². The summed E-state index contributed by atoms with van der Waals surface area (Å²) in [5.41, 5.74) is 1.97. The van der Waals surface area contributed by atoms with Gasteiger partial charge >= 0.3 is 0 Å². The third-order valence-corrected chi connectivity index (χ3v) is 22.3. The Hall–Kier alpha value is -0.160. The van der Waals surface area contributed by atoms with Gasteiger partial charge in [0.05, 0.1) is 24.4 Å². The number of aliphatic hydroxyl groups excluding tert-OH is 2. The second-order valence-electron chi connectivity index (χ2n) is 24.6. The van der Waals surface area contributed by atoms with Crippen LogP contribution >= 0.6 is 0 Å². The highest BCUT2D eigenvalue weighted by atomic mass is 16.6. The Balaban J connectivity index is 0.000000150. The fraction of sp³-hybridized carbons (Fsp3) is 1.00. The summed E-state index contributed by atoms with van der Waals surface area (Å²) in [6.45, 7) is 15.1. The van der Waals surface area contributed by atoms with Crippen molar-refractivity contribution in [1.29, 1.82) is 0 Å². The van der Waals surface area contributed by atoms with Crippen molar-refractivity contribution < 1.29 is 19.7 Å². The van der Waals surface area contributed by atoms with Gasteiger partial charge in [0.1, 0.15) is 11.2 Å². The van der Waals surface area contributed by atoms with E-state index in [-0.39, 0.29) is 23.4 Å². The average Bonchev–Trinajstić information content (AvgIpc) is 4.02. The molecule has 4 nitrogen and oxygen atoms in total. The van der Waals surface area contributed by atoms with E-state index in [1.54, 1.807) is 0 Å². The Morgan fingerprint density at radius 3 is 1.26 bits per heavy atom. The van der Waals surface area contributed by atoms with Gasteiger partial charge in [-0.05, 0) is 161 Å². The molecule has 10 fully saturated rings. The quantitative estimate of drug-likeness (QED) is 0.136. The predicted molar refractivity (Wildman–Crippen MR) is 237 cm³/mol. The molecule has 0 bridgehead atoms. The third-order valence-electron chi connectivity index (χ3n) is 22.3. The molecule has 2 heterocycles. The second-order valence-corrected chi connectivity index (χ2v) is 24.6. The SMILES string of the molecule is CCCCCCCCC1CCC2C3C[C@@H]4O[C@@]45C[C@@H](O)CC[C@]5(C)C3CC[C@]12C.CCCCCCCCC1CCC2C3C[C@H]4O[C@]45C[C@@H](O)CC[C@]5(C)C3CC[C@]12C. The van der Waals surface area contributed by atoms with Gasteiger partial charge in [0.15, 0.2) is 0 Å². The van der Waals surface area contributed by atoms with Gasteiger partial charge < -0.3 is 19.7 Å². The number of epoxide rings is 2. The van der Waals surface area contributed by atoms with Crippen LogP contribution in [0.15, 0.2) is 0 Å². The van der Waals surface area contributed by atoms with Crippen molar-refractivity contribution in [3.8, 4) is 0 Å². The maximum atomic E-state index is 10.3. The molecule has 332 valence electrons. The molecule has 2 spiro atoms. The maximum Gasteiger partial charge on any atom is 0.103 e. The number of aliphatic hydroxyl groups is 2. The van der Waals surface area contributed by atoms with Gasteiger partial charge in [-0.3, -0.25) is 0 Å². The molecular weight excluding hydrogens is 713 g/mol. The topological polar surface area (TPSA) is 65.5 Å². The first-order valence-corrected chi connectivity index (χ1v) is 26.6. The highest BCUT2D eigenvalue weighted by Gasteiger charge is 2.77. The molecule has 4 heteroatoms. The van der Waals surface area contributed by atoms with Crippen molar-refractivity contribution in [3.05, 3.63) is 0 Å². The zero-order valence-corrected chi connectivity index (χ0v) is 38.9. The minimum Gasteiger partial charge on any atom is -0.393 e. The van der Waals surface area contributed by atoms with E-state index in [9.17, 15) is 10.2 Å². The van der Waals surface area contributed by atoms with Crippen LogP contribution in [0, 0.1) is 69.0 Å². The molecule has 0 aromatic carbocycles. The molecule has 0 radical (unpaired) electrons. The smallest absolute Gasteiger partial charge is 0.103 e. The fourth-order valence-corrected chi connectivity index (χ4v) is 18.8. The standard InChI is InChI=1S/2C27H46O2/c2*1-4-5-6-7-8-9-10-19-11-12-22-21-17-24-27(29-24)18-20(28)13-16-26(27,3)23(21)14-15-25(19,22)2/h2*19-24,28H,4-18H2,1-3H3/t19?,20-,21?,22?,23?,24+,25+,26+,27+;19?,20-,21?,22?,23?,24-,25+,26+,27-/m00/s1. The van der Waals surface area contributed by atoms with Gasteiger partial charge in [-0.1, -0.05) is 119 Å². The first kappa shape index (κ1) is 43.1. The summed E-state index contributed by atoms with van der Waals surface area (Å²) in [5.74, 6) is 7.32. The summed E-state index contributed by atoms with van der Waals surface area (Å²) < 4.78 is 13.0. The molecular formula is C54H92O4. The highest BCUT2D eigenvalue weighted by Crippen LogP contribution is 2.76. The molecule has 2 aliphatic heterocycles. The number of rotatable bonds is 14. The van der Waals surface area contributed by atoms with Crippen molar-refractivity contribution >= 4 is 0 Å². The van der Waals surface area contributed by atoms with Gasteiger partial charge in [-0.15, -0.1) is 0 Å². The summed E-state index contributed by atoms with van der Waals surface area (Å²) in [7, 11) is 0. The summed E-state index contributed by atoms with van der Waals surface area (Å²) in [6, 6.07) is 0. The largest absolute Gasteiger partial charge is 0.393 e. The van der Waals surface area contributed by atoms with Gasteiger partial charge in [-0.25, -0.2) is 0 Å². The van der Waals surface area contributed by atoms with E-state index in [0.717, 1.165) is 73.0 Å². The molecule has 58 heavy (non-hydrogen) atoms. The van der Waals surface area contributed by atoms with E-state index in [4.69, 9.17) is 9.47 Å². The third kappa shape index (κ3) is 6.91. The van der Waals surface area contributed by atoms with Crippen molar-refractivity contribution in [2.24, 2.45) is 69.0 Å². The number of fused-ring (bicyclic) bond motifs is 8. The molecule has 10 aliphatic rings. The van der Waals surface area contributed by atoms with Crippen LogP contribution in [-0.2, 0) is 9.47 Å². The van der Waals surface area contributed by atoms with E-state index in [1.165, 1.54) is 167 Å². The van der Waals surface area contributed by atoms with Crippen LogP contribution in [0.3, 0.4) is 0 Å². The lowest BCUT2D eigenvalue weighted by Crippen LogP contribution is -2.58. The number of ether oxygens (including phenoxy) is 2. The van der Waals surface area contributed by atoms with Crippen LogP contribution in [0.2, 0.25) is 0 Å². The number of hydrogen-bond donors (Lipinski definition) is 2. The zero-order chi connectivity index (χ0) is 40.6. The van der Waals surface area contributed by atoms with E-state index in [0.29, 0.717) is 33.9 Å². The molecule has 18 atom stereocenters. The summed E-state index contributed by atoms with van der Waals surface area (Å²) in [6.07, 6.45) is 41.4. The predicted octanol–water partition coefficient (Wildman–Crippen LogP) is 13.8. The Morgan fingerprint density at radius 1 is 0.448 bits per heavy atom. The van der Waals surface area contributed by atoms with Crippen molar-refractivity contribution in [3.63, 3.8) is 0 Å². The number of hydrogen-bond acceptors (Lipinski definition) is 4. The molecule has 8 unspecified atom stereocenters. The van der Waals surface area contributed by atoms with Crippen molar-refractivity contribution in [2.45, 2.75) is 270 Å². The van der Waals surface area contributed by atoms with Crippen LogP contribution in [0.25, 0.3) is 0 Å². The average molecular weight is 805 g/mol. The second kappa shape index (κ2) is 16.4. The Morgan fingerprint density at radius 2 is 0.845 bits per heavy atom. The summed E-state index contributed by atoms with van der Waals surface area (Å²) in [5, 5.41) is 20.7. The van der Waals surface area contributed by atoms with Gasteiger partial charge in [0.2, 0.25) is 0 Å². The highest BCUT2D eigenvalue weighted by molar-refractivity contribution is 5.25. The molecule has 2 N–H and O–H groups in total. The zero-order valence-electron chi connectivity index (χ0n) is 38.9. The molecule has 0 aromatic rings. The molecule has 2 saturated heterocycles. The minimum absolute atomic E-state index is 0.0517. The molecule has 0 aromatic heterocycles. The van der Waals surface area contributed by atoms with Crippen LogP contribution in [0.1, 0.15) is 234 Å². The lowest BCUT2D eigenvalue weighted by molar-refractivity contribution is -0.114. The normalized spacial score (nSPS) is 53.0. The lowest BCUT2D eigenvalue weighted by Gasteiger charge is -2.59. The minimum atomic E-state index is -0.119. The molecule has 10 rings (SSSR count). The first-order chi connectivity index (χ1) is 27.9. The van der Waals surface area contributed by atoms with Gasteiger partial charge in [0, 0.05) is 23.7 Å². The molecule has 8 saturated carbocycles. The van der Waals surface area contributed by atoms with E-state index in [1.807, 2.05) is 0 Å². The lowest BCUT2D eigenvalue weighted by atomic mass is 9.44. The summed E-state index contributed by atoms with van der Waals surface area (Å²) >= 11 is 0. The van der Waals surface area contributed by atoms with E-state index in [2.05, 4.69) is 41.5 Å². The Kier molecular flexibility index (Phi) is 12.2. The fourth-order valence-electron chi connectivity index (χ4n) is 18.8. The maximum absolute atomic E-state index is 10.3. The van der Waals surface area contributed by atoms with Crippen LogP contribution in [-0.4, -0.2) is 45.8 Å². The van der Waals surface area contributed by atoms with E-state index < -0.39 is 0 Å². The van der Waals surface area contributed by atoms with Crippen LogP contribution in [0.4, 0.5) is 0 Å².